The molecule has 0 spiro atoms. The molecule has 0 bridgehead atoms. The molecule has 0 atom stereocenters. The van der Waals surface area contributed by atoms with Crippen molar-refractivity contribution >= 4 is 6.21 Å². The summed E-state index contributed by atoms with van der Waals surface area (Å²) in [5.41, 5.74) is 0. The summed E-state index contributed by atoms with van der Waals surface area (Å²) in [6.45, 7) is 2.31. The van der Waals surface area contributed by atoms with Gasteiger partial charge in [-0.3, -0.25) is 0 Å². The van der Waals surface area contributed by atoms with Gasteiger partial charge in [0.05, 0.1) is 0 Å². The lowest BCUT2D eigenvalue weighted by molar-refractivity contribution is 0.508. The van der Waals surface area contributed by atoms with Crippen LogP contribution in [0, 0.1) is 5.41 Å². The van der Waals surface area contributed by atoms with Crippen LogP contribution in [0.2, 0.25) is 0 Å². The maximum absolute atomic E-state index is 7.06. The lowest BCUT2D eigenvalue weighted by Gasteiger charge is -2.05. The summed E-state index contributed by atoms with van der Waals surface area (Å²) in [7, 11) is 0. The fourth-order valence-corrected chi connectivity index (χ4v) is 8.27. The van der Waals surface area contributed by atoms with Gasteiger partial charge in [0.1, 0.15) is 0 Å². The van der Waals surface area contributed by atoms with Crippen molar-refractivity contribution in [2.24, 2.45) is 0 Å². The summed E-state index contributed by atoms with van der Waals surface area (Å²) in [5.74, 6) is 0. The topological polar surface area (TPSA) is 23.9 Å². The largest absolute Gasteiger partial charge is 0.313 e. The molecule has 0 aromatic rings. The second-order valence-corrected chi connectivity index (χ2v) is 17.3. The van der Waals surface area contributed by atoms with E-state index in [1.54, 1.807) is 6.21 Å². The van der Waals surface area contributed by atoms with Crippen LogP contribution < -0.4 is 0 Å². The van der Waals surface area contributed by atoms with Crippen molar-refractivity contribution in [2.75, 3.05) is 0 Å². The highest BCUT2D eigenvalue weighted by Crippen LogP contribution is 2.18. The molecule has 0 aromatic heterocycles. The first-order valence-corrected chi connectivity index (χ1v) is 24.9. The quantitative estimate of drug-likeness (QED) is 0.0479. The van der Waals surface area contributed by atoms with Crippen molar-refractivity contribution < 1.29 is 0 Å². The molecule has 0 aliphatic rings. The highest BCUT2D eigenvalue weighted by Gasteiger charge is 1.99. The van der Waals surface area contributed by atoms with E-state index in [2.05, 4.69) is 6.92 Å². The van der Waals surface area contributed by atoms with Crippen LogP contribution in [-0.2, 0) is 0 Å². The Morgan fingerprint density at radius 2 is 0.314 bits per heavy atom. The number of hydrogen-bond acceptors (Lipinski definition) is 1. The Kier molecular flexibility index (Phi) is 49.3. The Bertz CT molecular complexity index is 584. The minimum atomic E-state index is 0.986. The van der Waals surface area contributed by atoms with Gasteiger partial charge in [-0.25, -0.2) is 0 Å². The second kappa shape index (κ2) is 49.7. The molecule has 0 aromatic carbocycles. The van der Waals surface area contributed by atoms with E-state index in [1.807, 2.05) is 0 Å². The standard InChI is InChI=1S/C50H101N/c1-2-3-4-5-6-7-8-9-10-11-12-13-14-15-16-17-18-19-20-21-22-23-24-25-26-27-28-29-30-31-32-33-34-35-36-37-38-39-40-41-42-43-44-45-46-47-48-49-50-51/h50-51H,2-49H2,1H3. The van der Waals surface area contributed by atoms with Crippen molar-refractivity contribution in [1.82, 2.24) is 0 Å². The van der Waals surface area contributed by atoms with Gasteiger partial charge in [0, 0.05) is 0 Å². The first kappa shape index (κ1) is 50.7. The van der Waals surface area contributed by atoms with Crippen LogP contribution in [0.25, 0.3) is 0 Å². The number of nitrogens with one attached hydrogen (secondary N) is 1. The van der Waals surface area contributed by atoms with E-state index in [9.17, 15) is 0 Å². The van der Waals surface area contributed by atoms with Crippen LogP contribution in [0.3, 0.4) is 0 Å². The summed E-state index contributed by atoms with van der Waals surface area (Å²) in [4.78, 5) is 0. The van der Waals surface area contributed by atoms with Gasteiger partial charge in [-0.05, 0) is 19.1 Å². The molecule has 51 heavy (non-hydrogen) atoms. The summed E-state index contributed by atoms with van der Waals surface area (Å²) in [6.07, 6.45) is 71.6. The average Bonchev–Trinajstić information content (AvgIpc) is 3.14. The van der Waals surface area contributed by atoms with Gasteiger partial charge in [0.2, 0.25) is 0 Å². The van der Waals surface area contributed by atoms with Gasteiger partial charge in [0.25, 0.3) is 0 Å². The van der Waals surface area contributed by atoms with E-state index in [-0.39, 0.29) is 0 Å². The van der Waals surface area contributed by atoms with Gasteiger partial charge in [-0.15, -0.1) is 0 Å². The van der Waals surface area contributed by atoms with Crippen molar-refractivity contribution in [3.8, 4) is 0 Å². The van der Waals surface area contributed by atoms with E-state index in [1.165, 1.54) is 302 Å². The molecule has 1 nitrogen and oxygen atoms in total. The minimum absolute atomic E-state index is 0.986. The van der Waals surface area contributed by atoms with Crippen molar-refractivity contribution in [3.63, 3.8) is 0 Å². The van der Waals surface area contributed by atoms with Gasteiger partial charge in [-0.1, -0.05) is 302 Å². The molecule has 0 saturated carbocycles. The van der Waals surface area contributed by atoms with Crippen LogP contribution >= 0.6 is 0 Å². The normalized spacial score (nSPS) is 11.5. The SMILES string of the molecule is CCCCCCCCCCCCCCCCCCCCCCCCCCCCCCCCCCCCCCCCCCCCCCCCCC=N. The highest BCUT2D eigenvalue weighted by molar-refractivity contribution is 5.52. The van der Waals surface area contributed by atoms with E-state index in [0.29, 0.717) is 0 Å². The fraction of sp³-hybridized carbons (Fsp3) is 0.980. The maximum atomic E-state index is 7.06. The molecule has 0 heterocycles. The molecular formula is C50H101N. The van der Waals surface area contributed by atoms with Crippen LogP contribution in [0.5, 0.6) is 0 Å². The summed E-state index contributed by atoms with van der Waals surface area (Å²) < 4.78 is 0. The predicted molar refractivity (Wildman–Crippen MR) is 236 cm³/mol. The number of unbranched alkanes of at least 4 members (excludes halogenated alkanes) is 47. The third-order valence-electron chi connectivity index (χ3n) is 12.0. The Balaban J connectivity index is 3.04. The maximum Gasteiger partial charge on any atom is -0.00477 e. The van der Waals surface area contributed by atoms with Crippen LogP contribution in [-0.4, -0.2) is 6.21 Å². The minimum Gasteiger partial charge on any atom is -0.313 e. The summed E-state index contributed by atoms with van der Waals surface area (Å²) in [6, 6.07) is 0. The smallest absolute Gasteiger partial charge is 0.00477 e. The van der Waals surface area contributed by atoms with E-state index in [4.69, 9.17) is 5.41 Å². The Labute approximate surface area is 325 Å². The molecule has 0 aliphatic carbocycles. The first-order valence-electron chi connectivity index (χ1n) is 24.9. The van der Waals surface area contributed by atoms with Gasteiger partial charge >= 0.3 is 0 Å². The Hall–Kier alpha value is -0.330. The van der Waals surface area contributed by atoms with Crippen LogP contribution in [0.1, 0.15) is 315 Å². The zero-order valence-electron chi connectivity index (χ0n) is 36.0. The molecule has 1 N–H and O–H groups in total. The molecular weight excluding hydrogens is 615 g/mol. The lowest BCUT2D eigenvalue weighted by Crippen LogP contribution is -1.85. The van der Waals surface area contributed by atoms with Crippen molar-refractivity contribution in [2.45, 2.75) is 315 Å². The molecule has 0 amide bonds. The molecule has 306 valence electrons. The Morgan fingerprint density at radius 1 is 0.196 bits per heavy atom. The first-order chi connectivity index (χ1) is 25.4. The molecule has 0 aliphatic heterocycles. The lowest BCUT2D eigenvalue weighted by atomic mass is 10.0. The zero-order valence-corrected chi connectivity index (χ0v) is 36.0. The summed E-state index contributed by atoms with van der Waals surface area (Å²) in [5, 5.41) is 7.06. The van der Waals surface area contributed by atoms with E-state index < -0.39 is 0 Å². The highest BCUT2D eigenvalue weighted by atomic mass is 14.3. The van der Waals surface area contributed by atoms with Crippen LogP contribution in [0.4, 0.5) is 0 Å². The molecule has 0 rings (SSSR count). The zero-order chi connectivity index (χ0) is 36.6. The van der Waals surface area contributed by atoms with Crippen molar-refractivity contribution in [3.05, 3.63) is 0 Å². The van der Waals surface area contributed by atoms with Gasteiger partial charge in [-0.2, -0.15) is 0 Å². The van der Waals surface area contributed by atoms with Gasteiger partial charge in [0.15, 0.2) is 0 Å². The van der Waals surface area contributed by atoms with Gasteiger partial charge < -0.3 is 5.41 Å². The Morgan fingerprint density at radius 3 is 0.431 bits per heavy atom. The third-order valence-corrected chi connectivity index (χ3v) is 12.0. The number of rotatable bonds is 48. The van der Waals surface area contributed by atoms with Crippen molar-refractivity contribution in [1.29, 1.82) is 5.41 Å². The molecule has 0 fully saturated rings. The molecule has 0 radical (unpaired) electrons. The molecule has 0 unspecified atom stereocenters. The number of hydrogen-bond donors (Lipinski definition) is 1. The van der Waals surface area contributed by atoms with E-state index >= 15 is 0 Å². The van der Waals surface area contributed by atoms with E-state index in [0.717, 1.165) is 6.42 Å². The molecule has 1 heteroatoms. The average molecular weight is 716 g/mol. The third kappa shape index (κ3) is 49.7. The second-order valence-electron chi connectivity index (χ2n) is 17.3. The predicted octanol–water partition coefficient (Wildman–Crippen LogP) is 19.4. The summed E-state index contributed by atoms with van der Waals surface area (Å²) >= 11 is 0. The molecule has 0 saturated heterocycles. The fourth-order valence-electron chi connectivity index (χ4n) is 8.27. The van der Waals surface area contributed by atoms with Crippen LogP contribution in [0.15, 0.2) is 0 Å². The monoisotopic (exact) mass is 716 g/mol.